The van der Waals surface area contributed by atoms with Crippen molar-refractivity contribution in [3.63, 3.8) is 0 Å². The Morgan fingerprint density at radius 1 is 1.32 bits per heavy atom. The smallest absolute Gasteiger partial charge is 0.243 e. The number of aryl methyl sites for hydroxylation is 1. The minimum absolute atomic E-state index is 0.108. The molecule has 6 heteroatoms. The standard InChI is InChI=1S/C16H24N2O3S/c1-13-6-8-15(9-7-13)22(20,21)17(3)12-16(19)18-10-4-5-14(2)11-18/h6-9,14H,4-5,10-12H2,1-3H3. The first-order chi connectivity index (χ1) is 10.3. The number of carbonyl (C=O) groups excluding carboxylic acids is 1. The predicted molar refractivity (Wildman–Crippen MR) is 86.0 cm³/mol. The van der Waals surface area contributed by atoms with Crippen LogP contribution in [0.1, 0.15) is 25.3 Å². The number of likely N-dealkylation sites (tertiary alicyclic amines) is 1. The number of likely N-dealkylation sites (N-methyl/N-ethyl adjacent to an activating group) is 1. The molecule has 0 N–H and O–H groups in total. The molecule has 1 aromatic carbocycles. The van der Waals surface area contributed by atoms with Crippen LogP contribution in [0.4, 0.5) is 0 Å². The number of amides is 1. The molecule has 0 radical (unpaired) electrons. The minimum atomic E-state index is -3.62. The molecule has 1 aromatic rings. The molecule has 1 aliphatic rings. The lowest BCUT2D eigenvalue weighted by atomic mass is 10.0. The first-order valence-electron chi connectivity index (χ1n) is 7.61. The van der Waals surface area contributed by atoms with Crippen molar-refractivity contribution in [1.29, 1.82) is 0 Å². The highest BCUT2D eigenvalue weighted by Gasteiger charge is 2.27. The third-order valence-electron chi connectivity index (χ3n) is 4.10. The molecule has 122 valence electrons. The van der Waals surface area contributed by atoms with Crippen molar-refractivity contribution in [1.82, 2.24) is 9.21 Å². The number of rotatable bonds is 4. The molecule has 1 heterocycles. The van der Waals surface area contributed by atoms with Gasteiger partial charge in [-0.3, -0.25) is 4.79 Å². The highest BCUT2D eigenvalue weighted by atomic mass is 32.2. The van der Waals surface area contributed by atoms with Crippen molar-refractivity contribution < 1.29 is 13.2 Å². The largest absolute Gasteiger partial charge is 0.341 e. The zero-order chi connectivity index (χ0) is 16.3. The number of nitrogens with zero attached hydrogens (tertiary/aromatic N) is 2. The fraction of sp³-hybridized carbons (Fsp3) is 0.562. The summed E-state index contributed by atoms with van der Waals surface area (Å²) in [5.41, 5.74) is 1.000. The average molecular weight is 324 g/mol. The molecule has 0 bridgehead atoms. The molecule has 1 saturated heterocycles. The molecule has 1 atom stereocenters. The molecule has 0 aliphatic carbocycles. The SMILES string of the molecule is Cc1ccc(S(=O)(=O)N(C)CC(=O)N2CCCC(C)C2)cc1. The zero-order valence-corrected chi connectivity index (χ0v) is 14.3. The number of hydrogen-bond acceptors (Lipinski definition) is 3. The third kappa shape index (κ3) is 3.87. The van der Waals surface area contributed by atoms with E-state index in [0.717, 1.165) is 35.8 Å². The predicted octanol–water partition coefficient (Wildman–Crippen LogP) is 1.87. The lowest BCUT2D eigenvalue weighted by molar-refractivity contribution is -0.132. The Morgan fingerprint density at radius 2 is 1.95 bits per heavy atom. The van der Waals surface area contributed by atoms with Gasteiger partial charge in [0.15, 0.2) is 0 Å². The number of piperidine rings is 1. The molecular formula is C16H24N2O3S. The Kier molecular flexibility index (Phi) is 5.24. The average Bonchev–Trinajstić information content (AvgIpc) is 2.47. The Labute approximate surface area is 133 Å². The van der Waals surface area contributed by atoms with Crippen LogP contribution in [-0.4, -0.2) is 50.2 Å². The molecule has 1 amide bonds. The van der Waals surface area contributed by atoms with E-state index in [9.17, 15) is 13.2 Å². The molecule has 22 heavy (non-hydrogen) atoms. The second-order valence-electron chi connectivity index (χ2n) is 6.16. The second-order valence-corrected chi connectivity index (χ2v) is 8.21. The van der Waals surface area contributed by atoms with Gasteiger partial charge < -0.3 is 4.90 Å². The van der Waals surface area contributed by atoms with Gasteiger partial charge in [-0.25, -0.2) is 8.42 Å². The zero-order valence-electron chi connectivity index (χ0n) is 13.4. The van der Waals surface area contributed by atoms with Gasteiger partial charge in [0.05, 0.1) is 11.4 Å². The summed E-state index contributed by atoms with van der Waals surface area (Å²) in [6, 6.07) is 6.67. The number of sulfonamides is 1. The molecule has 5 nitrogen and oxygen atoms in total. The Morgan fingerprint density at radius 3 is 2.55 bits per heavy atom. The maximum Gasteiger partial charge on any atom is 0.243 e. The van der Waals surface area contributed by atoms with Gasteiger partial charge in [-0.15, -0.1) is 0 Å². The summed E-state index contributed by atoms with van der Waals surface area (Å²) in [6.07, 6.45) is 2.11. The molecule has 2 rings (SSSR count). The molecule has 1 fully saturated rings. The van der Waals surface area contributed by atoms with Crippen molar-refractivity contribution in [2.45, 2.75) is 31.6 Å². The summed E-state index contributed by atoms with van der Waals surface area (Å²) >= 11 is 0. The van der Waals surface area contributed by atoms with Crippen LogP contribution in [0.15, 0.2) is 29.2 Å². The molecule has 0 saturated carbocycles. The van der Waals surface area contributed by atoms with E-state index in [1.54, 1.807) is 29.2 Å². The Balaban J connectivity index is 2.05. The summed E-state index contributed by atoms with van der Waals surface area (Å²) < 4.78 is 26.1. The van der Waals surface area contributed by atoms with Crippen LogP contribution in [0.5, 0.6) is 0 Å². The van der Waals surface area contributed by atoms with E-state index in [2.05, 4.69) is 6.92 Å². The molecule has 1 unspecified atom stereocenters. The van der Waals surface area contributed by atoms with Crippen molar-refractivity contribution in [2.75, 3.05) is 26.7 Å². The van der Waals surface area contributed by atoms with E-state index in [1.165, 1.54) is 7.05 Å². The summed E-state index contributed by atoms with van der Waals surface area (Å²) in [5, 5.41) is 0. The van der Waals surface area contributed by atoms with E-state index < -0.39 is 10.0 Å². The van der Waals surface area contributed by atoms with Crippen LogP contribution in [0.25, 0.3) is 0 Å². The summed E-state index contributed by atoms with van der Waals surface area (Å²) in [5.74, 6) is 0.362. The topological polar surface area (TPSA) is 57.7 Å². The maximum absolute atomic E-state index is 12.5. The first-order valence-corrected chi connectivity index (χ1v) is 9.05. The van der Waals surface area contributed by atoms with Crippen LogP contribution in [0, 0.1) is 12.8 Å². The van der Waals surface area contributed by atoms with Gasteiger partial charge in [-0.05, 0) is 37.8 Å². The maximum atomic E-state index is 12.5. The van der Waals surface area contributed by atoms with E-state index in [4.69, 9.17) is 0 Å². The van der Waals surface area contributed by atoms with Crippen LogP contribution in [-0.2, 0) is 14.8 Å². The quantitative estimate of drug-likeness (QED) is 0.849. The fourth-order valence-electron chi connectivity index (χ4n) is 2.68. The van der Waals surface area contributed by atoms with Gasteiger partial charge in [0.25, 0.3) is 0 Å². The molecule has 0 spiro atoms. The lowest BCUT2D eigenvalue weighted by Gasteiger charge is -2.32. The number of carbonyl (C=O) groups is 1. The van der Waals surface area contributed by atoms with Gasteiger partial charge in [-0.2, -0.15) is 4.31 Å². The monoisotopic (exact) mass is 324 g/mol. The number of hydrogen-bond donors (Lipinski definition) is 0. The van der Waals surface area contributed by atoms with E-state index in [-0.39, 0.29) is 17.3 Å². The van der Waals surface area contributed by atoms with Crippen LogP contribution in [0.2, 0.25) is 0 Å². The second kappa shape index (κ2) is 6.79. The lowest BCUT2D eigenvalue weighted by Crippen LogP contribution is -2.45. The van der Waals surface area contributed by atoms with Gasteiger partial charge in [-0.1, -0.05) is 24.6 Å². The van der Waals surface area contributed by atoms with Crippen molar-refractivity contribution in [3.8, 4) is 0 Å². The summed E-state index contributed by atoms with van der Waals surface area (Å²) in [7, 11) is -2.16. The van der Waals surface area contributed by atoms with E-state index in [1.807, 2.05) is 6.92 Å². The van der Waals surface area contributed by atoms with E-state index in [0.29, 0.717) is 5.92 Å². The van der Waals surface area contributed by atoms with Crippen molar-refractivity contribution in [3.05, 3.63) is 29.8 Å². The van der Waals surface area contributed by atoms with Gasteiger partial charge >= 0.3 is 0 Å². The van der Waals surface area contributed by atoms with Gasteiger partial charge in [0.2, 0.25) is 15.9 Å². The van der Waals surface area contributed by atoms with E-state index >= 15 is 0 Å². The van der Waals surface area contributed by atoms with Crippen LogP contribution < -0.4 is 0 Å². The normalized spacial score (nSPS) is 19.5. The molecule has 0 aromatic heterocycles. The number of benzene rings is 1. The Hall–Kier alpha value is -1.40. The van der Waals surface area contributed by atoms with Gasteiger partial charge in [0.1, 0.15) is 0 Å². The minimum Gasteiger partial charge on any atom is -0.341 e. The molecular weight excluding hydrogens is 300 g/mol. The fourth-order valence-corrected chi connectivity index (χ4v) is 3.80. The highest BCUT2D eigenvalue weighted by Crippen LogP contribution is 2.18. The third-order valence-corrected chi connectivity index (χ3v) is 5.91. The summed E-state index contributed by atoms with van der Waals surface area (Å²) in [6.45, 7) is 5.36. The summed E-state index contributed by atoms with van der Waals surface area (Å²) in [4.78, 5) is 14.3. The van der Waals surface area contributed by atoms with Crippen LogP contribution in [0.3, 0.4) is 0 Å². The molecule has 1 aliphatic heterocycles. The first kappa shape index (κ1) is 17.0. The Bertz CT molecular complexity index is 625. The van der Waals surface area contributed by atoms with Gasteiger partial charge in [0, 0.05) is 20.1 Å². The highest BCUT2D eigenvalue weighted by molar-refractivity contribution is 7.89. The van der Waals surface area contributed by atoms with Crippen molar-refractivity contribution >= 4 is 15.9 Å². The van der Waals surface area contributed by atoms with Crippen molar-refractivity contribution in [2.24, 2.45) is 5.92 Å². The van der Waals surface area contributed by atoms with Crippen LogP contribution >= 0.6 is 0 Å².